The van der Waals surface area contributed by atoms with Crippen molar-refractivity contribution < 1.29 is 0 Å². The first-order valence-electron chi connectivity index (χ1n) is 6.08. The lowest BCUT2D eigenvalue weighted by molar-refractivity contribution is 0.393. The largest absolute Gasteiger partial charge is 0.388 e. The Morgan fingerprint density at radius 1 is 1.41 bits per heavy atom. The van der Waals surface area contributed by atoms with E-state index < -0.39 is 0 Å². The van der Waals surface area contributed by atoms with Crippen LogP contribution in [0.2, 0.25) is 0 Å². The Bertz CT molecular complexity index is 399. The fourth-order valence-corrected chi connectivity index (χ4v) is 2.43. The summed E-state index contributed by atoms with van der Waals surface area (Å²) >= 11 is 5.01. The molecule has 1 aliphatic rings. The molecular formula is C12H18N4S. The first-order valence-corrected chi connectivity index (χ1v) is 6.49. The molecule has 0 aromatic carbocycles. The van der Waals surface area contributed by atoms with Gasteiger partial charge in [0.2, 0.25) is 0 Å². The van der Waals surface area contributed by atoms with Gasteiger partial charge in [-0.05, 0) is 18.8 Å². The fourth-order valence-electron chi connectivity index (χ4n) is 2.29. The number of thiocarbonyl (C=S) groups is 1. The monoisotopic (exact) mass is 250 g/mol. The van der Waals surface area contributed by atoms with Crippen LogP contribution in [0.4, 0.5) is 5.82 Å². The van der Waals surface area contributed by atoms with Crippen molar-refractivity contribution in [2.45, 2.75) is 26.2 Å². The Kier molecular flexibility index (Phi) is 3.89. The van der Waals surface area contributed by atoms with Crippen molar-refractivity contribution in [3.8, 4) is 0 Å². The minimum Gasteiger partial charge on any atom is -0.388 e. The summed E-state index contributed by atoms with van der Waals surface area (Å²) in [6.07, 6.45) is 7.02. The van der Waals surface area contributed by atoms with Gasteiger partial charge >= 0.3 is 0 Å². The maximum atomic E-state index is 5.68. The molecule has 0 spiro atoms. The highest BCUT2D eigenvalue weighted by Crippen LogP contribution is 2.24. The van der Waals surface area contributed by atoms with Gasteiger partial charge in [0, 0.05) is 25.5 Å². The summed E-state index contributed by atoms with van der Waals surface area (Å²) < 4.78 is 0. The van der Waals surface area contributed by atoms with Crippen LogP contribution in [0.25, 0.3) is 0 Å². The number of aromatic nitrogens is 2. The van der Waals surface area contributed by atoms with Crippen molar-refractivity contribution in [3.05, 3.63) is 18.1 Å². The number of hydrogen-bond donors (Lipinski definition) is 1. The molecule has 2 rings (SSSR count). The molecule has 0 amide bonds. The van der Waals surface area contributed by atoms with Gasteiger partial charge in [0.1, 0.15) is 10.7 Å². The third-order valence-corrected chi connectivity index (χ3v) is 3.60. The number of nitrogens with two attached hydrogens (primary N) is 1. The lowest BCUT2D eigenvalue weighted by Crippen LogP contribution is -2.35. The third kappa shape index (κ3) is 2.72. The average Bonchev–Trinajstić information content (AvgIpc) is 2.39. The molecule has 92 valence electrons. The van der Waals surface area contributed by atoms with Crippen molar-refractivity contribution in [2.24, 2.45) is 11.7 Å². The van der Waals surface area contributed by atoms with E-state index in [4.69, 9.17) is 18.0 Å². The zero-order chi connectivity index (χ0) is 12.3. The molecule has 0 aliphatic carbocycles. The molecule has 0 atom stereocenters. The molecule has 0 radical (unpaired) electrons. The van der Waals surface area contributed by atoms with Gasteiger partial charge < -0.3 is 10.6 Å². The summed E-state index contributed by atoms with van der Waals surface area (Å²) in [4.78, 5) is 11.2. The van der Waals surface area contributed by atoms with E-state index in [1.54, 1.807) is 12.4 Å². The highest BCUT2D eigenvalue weighted by Gasteiger charge is 2.21. The van der Waals surface area contributed by atoms with Gasteiger partial charge in [-0.3, -0.25) is 0 Å². The lowest BCUT2D eigenvalue weighted by Gasteiger charge is -2.32. The first kappa shape index (κ1) is 12.2. The zero-order valence-electron chi connectivity index (χ0n) is 10.1. The molecule has 5 heteroatoms. The Labute approximate surface area is 107 Å². The van der Waals surface area contributed by atoms with E-state index in [0.29, 0.717) is 10.7 Å². The van der Waals surface area contributed by atoms with Gasteiger partial charge in [-0.25, -0.2) is 9.97 Å². The molecule has 0 bridgehead atoms. The van der Waals surface area contributed by atoms with Gasteiger partial charge in [0.05, 0.1) is 0 Å². The van der Waals surface area contributed by atoms with Crippen LogP contribution in [0.3, 0.4) is 0 Å². The molecule has 2 heterocycles. The van der Waals surface area contributed by atoms with Crippen LogP contribution in [0, 0.1) is 5.92 Å². The molecule has 0 saturated carbocycles. The number of anilines is 1. The van der Waals surface area contributed by atoms with Gasteiger partial charge in [0.25, 0.3) is 0 Å². The normalized spacial score (nSPS) is 17.1. The van der Waals surface area contributed by atoms with Gasteiger partial charge in [-0.15, -0.1) is 0 Å². The molecular weight excluding hydrogens is 232 g/mol. The second kappa shape index (κ2) is 5.40. The average molecular weight is 250 g/mol. The van der Waals surface area contributed by atoms with E-state index in [9.17, 15) is 0 Å². The highest BCUT2D eigenvalue weighted by molar-refractivity contribution is 7.80. The Morgan fingerprint density at radius 2 is 2.06 bits per heavy atom. The predicted molar refractivity (Wildman–Crippen MR) is 73.1 cm³/mol. The van der Waals surface area contributed by atoms with Gasteiger partial charge in [-0.1, -0.05) is 25.6 Å². The SMILES string of the molecule is CCC1CCN(c2nccnc2C(N)=S)CC1. The van der Waals surface area contributed by atoms with Crippen molar-refractivity contribution in [3.63, 3.8) is 0 Å². The molecule has 0 unspecified atom stereocenters. The molecule has 1 aromatic rings. The quantitative estimate of drug-likeness (QED) is 0.828. The van der Waals surface area contributed by atoms with Crippen molar-refractivity contribution in [2.75, 3.05) is 18.0 Å². The van der Waals surface area contributed by atoms with Crippen LogP contribution in [-0.2, 0) is 0 Å². The van der Waals surface area contributed by atoms with E-state index in [2.05, 4.69) is 21.8 Å². The summed E-state index contributed by atoms with van der Waals surface area (Å²) in [6.45, 7) is 4.29. The topological polar surface area (TPSA) is 55.0 Å². The van der Waals surface area contributed by atoms with Crippen LogP contribution in [0.1, 0.15) is 31.9 Å². The molecule has 17 heavy (non-hydrogen) atoms. The standard InChI is InChI=1S/C12H18N4S/c1-2-9-3-7-16(8-4-9)12-10(11(13)17)14-5-6-15-12/h5-6,9H,2-4,7-8H2,1H3,(H2,13,17). The minimum absolute atomic E-state index is 0.325. The van der Waals surface area contributed by atoms with E-state index in [0.717, 1.165) is 24.8 Å². The zero-order valence-corrected chi connectivity index (χ0v) is 10.9. The Balaban J connectivity index is 2.15. The molecule has 1 saturated heterocycles. The summed E-state index contributed by atoms with van der Waals surface area (Å²) in [6, 6.07) is 0. The smallest absolute Gasteiger partial charge is 0.157 e. The first-order chi connectivity index (χ1) is 8.22. The van der Waals surface area contributed by atoms with E-state index in [1.807, 2.05) is 0 Å². The summed E-state index contributed by atoms with van der Waals surface area (Å²) in [5, 5.41) is 0. The lowest BCUT2D eigenvalue weighted by atomic mass is 9.94. The highest BCUT2D eigenvalue weighted by atomic mass is 32.1. The number of piperidine rings is 1. The van der Waals surface area contributed by atoms with E-state index >= 15 is 0 Å². The number of rotatable bonds is 3. The van der Waals surface area contributed by atoms with Crippen molar-refractivity contribution in [1.29, 1.82) is 0 Å². The van der Waals surface area contributed by atoms with Crippen LogP contribution in [0.5, 0.6) is 0 Å². The maximum absolute atomic E-state index is 5.68. The second-order valence-corrected chi connectivity index (χ2v) is 4.87. The second-order valence-electron chi connectivity index (χ2n) is 4.43. The summed E-state index contributed by atoms with van der Waals surface area (Å²) in [5.74, 6) is 1.69. The fraction of sp³-hybridized carbons (Fsp3) is 0.583. The molecule has 4 nitrogen and oxygen atoms in total. The van der Waals surface area contributed by atoms with Crippen LogP contribution in [0.15, 0.2) is 12.4 Å². The number of nitrogens with zero attached hydrogens (tertiary/aromatic N) is 3. The summed E-state index contributed by atoms with van der Waals surface area (Å²) in [7, 11) is 0. The minimum atomic E-state index is 0.325. The maximum Gasteiger partial charge on any atom is 0.157 e. The summed E-state index contributed by atoms with van der Waals surface area (Å²) in [5.41, 5.74) is 6.33. The molecule has 1 aromatic heterocycles. The van der Waals surface area contributed by atoms with Crippen LogP contribution >= 0.6 is 12.2 Å². The van der Waals surface area contributed by atoms with Gasteiger partial charge in [-0.2, -0.15) is 0 Å². The van der Waals surface area contributed by atoms with E-state index in [-0.39, 0.29) is 0 Å². The predicted octanol–water partition coefficient (Wildman–Crippen LogP) is 1.74. The number of hydrogen-bond acceptors (Lipinski definition) is 4. The molecule has 1 fully saturated rings. The van der Waals surface area contributed by atoms with Crippen molar-refractivity contribution in [1.82, 2.24) is 9.97 Å². The van der Waals surface area contributed by atoms with Gasteiger partial charge in [0.15, 0.2) is 5.82 Å². The molecule has 1 aliphatic heterocycles. The van der Waals surface area contributed by atoms with Crippen LogP contribution in [-0.4, -0.2) is 28.0 Å². The van der Waals surface area contributed by atoms with Crippen molar-refractivity contribution >= 4 is 23.0 Å². The Morgan fingerprint density at radius 3 is 2.65 bits per heavy atom. The van der Waals surface area contributed by atoms with Crippen LogP contribution < -0.4 is 10.6 Å². The Hall–Kier alpha value is -1.23. The third-order valence-electron chi connectivity index (χ3n) is 3.40. The molecule has 2 N–H and O–H groups in total. The van der Waals surface area contributed by atoms with E-state index in [1.165, 1.54) is 19.3 Å².